The highest BCUT2D eigenvalue weighted by Crippen LogP contribution is 2.41. The van der Waals surface area contributed by atoms with Crippen molar-refractivity contribution in [2.75, 3.05) is 25.6 Å². The molecule has 0 bridgehead atoms. The minimum absolute atomic E-state index is 0.0317. The zero-order valence-electron chi connectivity index (χ0n) is 15.8. The number of hydrogen-bond acceptors (Lipinski definition) is 4. The molecule has 3 rings (SSSR count). The number of nitrogens with zero attached hydrogens (tertiary/aromatic N) is 1. The SMILES string of the molecule is CN(C)c1ccc(CNC(=O)COc2cccc3c2OC(C)(C)C3)cc1. The number of benzene rings is 2. The maximum atomic E-state index is 12.1. The van der Waals surface area contributed by atoms with E-state index in [0.29, 0.717) is 12.3 Å². The molecule has 0 radical (unpaired) electrons. The van der Waals surface area contributed by atoms with Crippen LogP contribution in [0.25, 0.3) is 0 Å². The fourth-order valence-electron chi connectivity index (χ4n) is 3.01. The van der Waals surface area contributed by atoms with Crippen LogP contribution in [0.4, 0.5) is 5.69 Å². The Hall–Kier alpha value is -2.69. The summed E-state index contributed by atoms with van der Waals surface area (Å²) >= 11 is 0. The molecule has 0 fully saturated rings. The monoisotopic (exact) mass is 354 g/mol. The molecule has 5 nitrogen and oxygen atoms in total. The standard InChI is InChI=1S/C21H26N2O3/c1-21(2)12-16-6-5-7-18(20(16)26-21)25-14-19(24)22-13-15-8-10-17(11-9-15)23(3)4/h5-11H,12-14H2,1-4H3,(H,22,24). The van der Waals surface area contributed by atoms with Gasteiger partial charge >= 0.3 is 0 Å². The highest BCUT2D eigenvalue weighted by atomic mass is 16.5. The van der Waals surface area contributed by atoms with Crippen molar-refractivity contribution in [1.29, 1.82) is 0 Å². The van der Waals surface area contributed by atoms with Crippen LogP contribution in [0.15, 0.2) is 42.5 Å². The van der Waals surface area contributed by atoms with Crippen LogP contribution in [-0.4, -0.2) is 32.2 Å². The highest BCUT2D eigenvalue weighted by Gasteiger charge is 2.32. The topological polar surface area (TPSA) is 50.8 Å². The molecule has 1 aliphatic heterocycles. The van der Waals surface area contributed by atoms with E-state index in [2.05, 4.69) is 5.32 Å². The van der Waals surface area contributed by atoms with Gasteiger partial charge in [-0.25, -0.2) is 0 Å². The summed E-state index contributed by atoms with van der Waals surface area (Å²) in [7, 11) is 4.00. The lowest BCUT2D eigenvalue weighted by Crippen LogP contribution is -2.28. The highest BCUT2D eigenvalue weighted by molar-refractivity contribution is 5.77. The van der Waals surface area contributed by atoms with Crippen molar-refractivity contribution < 1.29 is 14.3 Å². The lowest BCUT2D eigenvalue weighted by molar-refractivity contribution is -0.123. The van der Waals surface area contributed by atoms with Gasteiger partial charge in [-0.15, -0.1) is 0 Å². The minimum atomic E-state index is -0.233. The summed E-state index contributed by atoms with van der Waals surface area (Å²) in [5.41, 5.74) is 3.07. The second-order valence-electron chi connectivity index (χ2n) is 7.41. The van der Waals surface area contributed by atoms with Crippen LogP contribution in [0.2, 0.25) is 0 Å². The number of carbonyl (C=O) groups is 1. The van der Waals surface area contributed by atoms with Crippen molar-refractivity contribution in [1.82, 2.24) is 5.32 Å². The van der Waals surface area contributed by atoms with Crippen LogP contribution in [0.3, 0.4) is 0 Å². The molecule has 5 heteroatoms. The van der Waals surface area contributed by atoms with Crippen LogP contribution in [0.5, 0.6) is 11.5 Å². The predicted octanol–water partition coefficient (Wildman–Crippen LogP) is 3.16. The fraction of sp³-hybridized carbons (Fsp3) is 0.381. The lowest BCUT2D eigenvalue weighted by atomic mass is 10.0. The molecule has 0 atom stereocenters. The molecule has 0 saturated heterocycles. The molecule has 0 unspecified atom stereocenters. The van der Waals surface area contributed by atoms with Crippen molar-refractivity contribution in [2.24, 2.45) is 0 Å². The average molecular weight is 354 g/mol. The van der Waals surface area contributed by atoms with Crippen molar-refractivity contribution in [3.8, 4) is 11.5 Å². The first-order valence-electron chi connectivity index (χ1n) is 8.81. The number of anilines is 1. The summed E-state index contributed by atoms with van der Waals surface area (Å²) in [6.07, 6.45) is 0.842. The number of carbonyl (C=O) groups excluding carboxylic acids is 1. The van der Waals surface area contributed by atoms with E-state index in [1.54, 1.807) is 0 Å². The molecule has 2 aromatic carbocycles. The number of rotatable bonds is 6. The Labute approximate surface area is 154 Å². The molecule has 26 heavy (non-hydrogen) atoms. The van der Waals surface area contributed by atoms with Gasteiger partial charge in [-0.1, -0.05) is 24.3 Å². The van der Waals surface area contributed by atoms with Crippen molar-refractivity contribution >= 4 is 11.6 Å². The molecule has 0 spiro atoms. The Morgan fingerprint density at radius 3 is 2.62 bits per heavy atom. The first-order chi connectivity index (χ1) is 12.3. The zero-order valence-corrected chi connectivity index (χ0v) is 15.8. The zero-order chi connectivity index (χ0) is 18.7. The summed E-state index contributed by atoms with van der Waals surface area (Å²) in [4.78, 5) is 14.1. The number of ether oxygens (including phenoxy) is 2. The van der Waals surface area contributed by atoms with E-state index < -0.39 is 0 Å². The minimum Gasteiger partial charge on any atom is -0.483 e. The third-order valence-corrected chi connectivity index (χ3v) is 4.36. The smallest absolute Gasteiger partial charge is 0.258 e. The third-order valence-electron chi connectivity index (χ3n) is 4.36. The van der Waals surface area contributed by atoms with E-state index in [9.17, 15) is 4.79 Å². The molecule has 0 aliphatic carbocycles. The van der Waals surface area contributed by atoms with Gasteiger partial charge in [0.2, 0.25) is 0 Å². The quantitative estimate of drug-likeness (QED) is 0.866. The van der Waals surface area contributed by atoms with Crippen LogP contribution in [-0.2, 0) is 17.8 Å². The van der Waals surface area contributed by atoms with E-state index in [1.165, 1.54) is 0 Å². The first-order valence-corrected chi connectivity index (χ1v) is 8.81. The van der Waals surface area contributed by atoms with Crippen LogP contribution < -0.4 is 19.7 Å². The molecular formula is C21H26N2O3. The average Bonchev–Trinajstić information content (AvgIpc) is 2.92. The maximum absolute atomic E-state index is 12.1. The number of nitrogens with one attached hydrogen (secondary N) is 1. The van der Waals surface area contributed by atoms with Gasteiger partial charge in [-0.05, 0) is 37.6 Å². The van der Waals surface area contributed by atoms with E-state index in [0.717, 1.165) is 29.0 Å². The van der Waals surface area contributed by atoms with Gasteiger partial charge in [-0.2, -0.15) is 0 Å². The largest absolute Gasteiger partial charge is 0.483 e. The molecule has 2 aromatic rings. The summed E-state index contributed by atoms with van der Waals surface area (Å²) in [5, 5.41) is 2.88. The predicted molar refractivity (Wildman–Crippen MR) is 103 cm³/mol. The maximum Gasteiger partial charge on any atom is 0.258 e. The van der Waals surface area contributed by atoms with E-state index >= 15 is 0 Å². The molecule has 1 aliphatic rings. The van der Waals surface area contributed by atoms with Gasteiger partial charge in [0.1, 0.15) is 5.60 Å². The first kappa shape index (κ1) is 18.1. The summed E-state index contributed by atoms with van der Waals surface area (Å²) in [6.45, 7) is 4.54. The summed E-state index contributed by atoms with van der Waals surface area (Å²) in [6, 6.07) is 13.9. The Kier molecular flexibility index (Phi) is 5.07. The molecule has 1 N–H and O–H groups in total. The molecule has 0 aromatic heterocycles. The Morgan fingerprint density at radius 2 is 1.92 bits per heavy atom. The van der Waals surface area contributed by atoms with E-state index in [-0.39, 0.29) is 18.1 Å². The van der Waals surface area contributed by atoms with Gasteiger partial charge in [-0.3, -0.25) is 4.79 Å². The van der Waals surface area contributed by atoms with Gasteiger partial charge in [0.05, 0.1) is 0 Å². The van der Waals surface area contributed by atoms with Gasteiger partial charge in [0.15, 0.2) is 18.1 Å². The van der Waals surface area contributed by atoms with Crippen LogP contribution >= 0.6 is 0 Å². The number of fused-ring (bicyclic) bond motifs is 1. The Morgan fingerprint density at radius 1 is 1.19 bits per heavy atom. The number of hydrogen-bond donors (Lipinski definition) is 1. The van der Waals surface area contributed by atoms with Crippen LogP contribution in [0.1, 0.15) is 25.0 Å². The Balaban J connectivity index is 1.52. The molecule has 1 heterocycles. The van der Waals surface area contributed by atoms with E-state index in [1.807, 2.05) is 75.3 Å². The van der Waals surface area contributed by atoms with E-state index in [4.69, 9.17) is 9.47 Å². The van der Waals surface area contributed by atoms with Gasteiger partial charge in [0.25, 0.3) is 5.91 Å². The normalized spacial score (nSPS) is 14.3. The molecular weight excluding hydrogens is 328 g/mol. The van der Waals surface area contributed by atoms with Crippen molar-refractivity contribution in [3.63, 3.8) is 0 Å². The van der Waals surface area contributed by atoms with Crippen molar-refractivity contribution in [3.05, 3.63) is 53.6 Å². The summed E-state index contributed by atoms with van der Waals surface area (Å²) < 4.78 is 11.7. The van der Waals surface area contributed by atoms with Crippen LogP contribution in [0, 0.1) is 0 Å². The third kappa shape index (κ3) is 4.28. The molecule has 0 saturated carbocycles. The second-order valence-corrected chi connectivity index (χ2v) is 7.41. The lowest BCUT2D eigenvalue weighted by Gasteiger charge is -2.18. The number of para-hydroxylation sites is 1. The fourth-order valence-corrected chi connectivity index (χ4v) is 3.01. The van der Waals surface area contributed by atoms with Gasteiger partial charge < -0.3 is 19.7 Å². The number of amides is 1. The summed E-state index contributed by atoms with van der Waals surface area (Å²) in [5.74, 6) is 1.22. The Bertz CT molecular complexity index is 782. The van der Waals surface area contributed by atoms with Gasteiger partial charge in [0, 0.05) is 38.3 Å². The second kappa shape index (κ2) is 7.28. The van der Waals surface area contributed by atoms with Crippen molar-refractivity contribution in [2.45, 2.75) is 32.4 Å². The molecule has 1 amide bonds. The molecule has 138 valence electrons.